The molecule has 644 valence electrons. The van der Waals surface area contributed by atoms with Crippen LogP contribution in [0.2, 0.25) is 20.1 Å². The highest BCUT2D eigenvalue weighted by Gasteiger charge is 2.26. The molecule has 5 heterocycles. The second-order valence-corrected chi connectivity index (χ2v) is 40.5. The Morgan fingerprint density at radius 2 is 0.540 bits per heavy atom. The molecule has 10 aromatic carbocycles. The standard InChI is InChI=1S/C22H25ClN2S.C21H23ClN2S.C20H20ClFN2S.C20H22N2OS.C19H19ClN2OS/c1-15-7-20(23)10-21(8-15)26-22-5-4-18(11-24)9-19(22)14-25-12-16(2)6-17(3)13-25;1-15-5-7-24(8-6-15)14-18-11-17(13-23)3-4-21(18)25-20-10-16(2)9-19(22)12-20;1-14-8-17(21)11-19(9-14)25-20-3-2-15(12-23)10-16(20)13-24-6-4-18(22)5-7-24;1-15-9-16(2)11-19(10-15)24-20-4-3-17(13-21)12-18(20)14-22-5-7-23-8-6-22;1-14-8-17(20)11-18(9-14)24-19-3-2-15(12-21)10-16(19)13-22-4-6-23-7-5-22/h4-5,7-10,16-17H,6,12-14H2,1-3H3;3-4,9-12,15H,5-8,14H2,1-2H3;2-3,8-11,18H,4-7,13H2,1H3;3-4,9-12H,5-8,14H2,1-2H3;2-3,8-11H,4-7,13H2,1H3. The molecule has 5 aliphatic heterocycles. The predicted octanol–water partition coefficient (Wildman–Crippen LogP) is 26.3. The smallest absolute Gasteiger partial charge is 0.103 e. The van der Waals surface area contributed by atoms with Gasteiger partial charge in [0.15, 0.2) is 0 Å². The third kappa shape index (κ3) is 31.6. The number of ether oxygens (including phenoxy) is 2. The Kier molecular flexibility index (Phi) is 38.2. The van der Waals surface area contributed by atoms with E-state index < -0.39 is 6.17 Å². The maximum atomic E-state index is 13.4. The maximum absolute atomic E-state index is 13.4. The van der Waals surface area contributed by atoms with E-state index in [1.54, 1.807) is 58.8 Å². The van der Waals surface area contributed by atoms with Gasteiger partial charge in [0.2, 0.25) is 0 Å². The zero-order chi connectivity index (χ0) is 88.2. The molecule has 10 aromatic rings. The largest absolute Gasteiger partial charge is 0.379 e. The Balaban J connectivity index is 0.000000151. The zero-order valence-electron chi connectivity index (χ0n) is 72.3. The van der Waals surface area contributed by atoms with E-state index in [0.717, 1.165) is 231 Å². The number of nitriles is 5. The van der Waals surface area contributed by atoms with Gasteiger partial charge < -0.3 is 9.47 Å². The van der Waals surface area contributed by atoms with Crippen LogP contribution < -0.4 is 0 Å². The van der Waals surface area contributed by atoms with Gasteiger partial charge in [-0.25, -0.2) is 4.39 Å². The fourth-order valence-corrected chi connectivity index (χ4v) is 22.8. The molecule has 5 saturated heterocycles. The number of alkyl halides is 1. The van der Waals surface area contributed by atoms with Gasteiger partial charge in [-0.05, 0) is 342 Å². The van der Waals surface area contributed by atoms with E-state index in [1.807, 2.05) is 135 Å². The zero-order valence-corrected chi connectivity index (χ0v) is 79.4. The minimum Gasteiger partial charge on any atom is -0.379 e. The lowest BCUT2D eigenvalue weighted by Gasteiger charge is -2.35. The molecule has 0 saturated carbocycles. The summed E-state index contributed by atoms with van der Waals surface area (Å²) in [6.07, 6.45) is 4.33. The van der Waals surface area contributed by atoms with Crippen molar-refractivity contribution in [3.05, 3.63) is 291 Å². The molecular formula is C102H109Cl4FN10O2S5. The number of likely N-dealkylation sites (tertiary alicyclic amines) is 3. The number of nitrogens with zero attached hydrogens (tertiary/aromatic N) is 10. The van der Waals surface area contributed by atoms with Crippen molar-refractivity contribution >= 4 is 105 Å². The second-order valence-electron chi connectivity index (χ2n) is 33.2. The first-order valence-corrected chi connectivity index (χ1v) is 48.0. The summed E-state index contributed by atoms with van der Waals surface area (Å²) in [6, 6.07) is 72.0. The number of piperidine rings is 3. The monoisotopic (exact) mass is 1820 g/mol. The Morgan fingerprint density at radius 1 is 0.306 bits per heavy atom. The van der Waals surface area contributed by atoms with Crippen LogP contribution in [0, 0.1) is 116 Å². The molecule has 5 aliphatic rings. The molecule has 0 radical (unpaired) electrons. The minimum absolute atomic E-state index is 0.591. The molecule has 2 unspecified atom stereocenters. The highest BCUT2D eigenvalue weighted by atomic mass is 35.5. The Morgan fingerprint density at radius 3 is 0.798 bits per heavy atom. The van der Waals surface area contributed by atoms with Gasteiger partial charge in [-0.3, -0.25) is 24.5 Å². The van der Waals surface area contributed by atoms with Crippen molar-refractivity contribution in [2.45, 2.75) is 182 Å². The van der Waals surface area contributed by atoms with Gasteiger partial charge in [-0.15, -0.1) is 0 Å². The number of hydrogen-bond donors (Lipinski definition) is 0. The van der Waals surface area contributed by atoms with Gasteiger partial charge in [-0.2, -0.15) is 26.3 Å². The molecule has 0 aromatic heterocycles. The summed E-state index contributed by atoms with van der Waals surface area (Å²) in [5.41, 5.74) is 16.7. The average molecular weight is 1830 g/mol. The molecule has 0 aliphatic carbocycles. The van der Waals surface area contributed by atoms with Crippen molar-refractivity contribution in [1.82, 2.24) is 24.5 Å². The van der Waals surface area contributed by atoms with Crippen LogP contribution in [0.15, 0.2) is 231 Å². The first-order chi connectivity index (χ1) is 59.8. The molecular weight excluding hydrogens is 1720 g/mol. The normalized spacial score (nSPS) is 16.7. The van der Waals surface area contributed by atoms with E-state index in [2.05, 4.69) is 164 Å². The van der Waals surface area contributed by atoms with Crippen molar-refractivity contribution in [3.8, 4) is 30.3 Å². The summed E-state index contributed by atoms with van der Waals surface area (Å²) in [5, 5.41) is 49.3. The predicted molar refractivity (Wildman–Crippen MR) is 511 cm³/mol. The summed E-state index contributed by atoms with van der Waals surface area (Å²) in [4.78, 5) is 23.7. The van der Waals surface area contributed by atoms with E-state index in [1.165, 1.54) is 77.1 Å². The quantitative estimate of drug-likeness (QED) is 0.0710. The number of benzene rings is 10. The first kappa shape index (κ1) is 96.8. The summed E-state index contributed by atoms with van der Waals surface area (Å²) in [5.74, 6) is 2.28. The van der Waals surface area contributed by atoms with Gasteiger partial charge in [0.05, 0.1) is 84.6 Å². The van der Waals surface area contributed by atoms with E-state index in [-0.39, 0.29) is 0 Å². The summed E-state index contributed by atoms with van der Waals surface area (Å²) in [7, 11) is 0. The number of rotatable bonds is 20. The molecule has 5 fully saturated rings. The van der Waals surface area contributed by atoms with Crippen LogP contribution in [-0.2, 0) is 42.2 Å². The molecule has 0 N–H and O–H groups in total. The highest BCUT2D eigenvalue weighted by Crippen LogP contribution is 2.41. The van der Waals surface area contributed by atoms with E-state index in [0.29, 0.717) is 24.0 Å². The minimum atomic E-state index is -0.676. The Bertz CT molecular complexity index is 5130. The van der Waals surface area contributed by atoms with Crippen LogP contribution in [0.5, 0.6) is 0 Å². The van der Waals surface area contributed by atoms with Crippen LogP contribution in [0.25, 0.3) is 0 Å². The topological polar surface area (TPSA) is 154 Å². The van der Waals surface area contributed by atoms with Crippen LogP contribution >= 0.6 is 105 Å². The maximum Gasteiger partial charge on any atom is 0.103 e. The molecule has 0 bridgehead atoms. The summed E-state index contributed by atoms with van der Waals surface area (Å²) in [6.45, 7) is 36.6. The lowest BCUT2D eigenvalue weighted by molar-refractivity contribution is 0.0338. The van der Waals surface area contributed by atoms with Crippen molar-refractivity contribution in [1.29, 1.82) is 26.3 Å². The first-order valence-electron chi connectivity index (χ1n) is 42.4. The van der Waals surface area contributed by atoms with Crippen LogP contribution in [0.1, 0.15) is 142 Å². The number of aryl methyl sites for hydroxylation is 6. The fraction of sp³-hybridized carbons (Fsp3) is 0.363. The van der Waals surface area contributed by atoms with E-state index in [9.17, 15) is 30.7 Å². The van der Waals surface area contributed by atoms with E-state index >= 15 is 0 Å². The Hall–Kier alpha value is -7.79. The van der Waals surface area contributed by atoms with Crippen molar-refractivity contribution < 1.29 is 13.9 Å². The van der Waals surface area contributed by atoms with Gasteiger partial charge >= 0.3 is 0 Å². The molecule has 0 spiro atoms. The Labute approximate surface area is 776 Å². The third-order valence-corrected chi connectivity index (χ3v) is 28.2. The lowest BCUT2D eigenvalue weighted by Crippen LogP contribution is -2.38. The number of halogens is 5. The second kappa shape index (κ2) is 49.0. The van der Waals surface area contributed by atoms with Gasteiger partial charge in [-0.1, -0.05) is 132 Å². The van der Waals surface area contributed by atoms with Crippen LogP contribution in [-0.4, -0.2) is 123 Å². The molecule has 2 atom stereocenters. The van der Waals surface area contributed by atoms with Gasteiger partial charge in [0, 0.05) is 154 Å². The molecule has 15 rings (SSSR count). The van der Waals surface area contributed by atoms with Crippen molar-refractivity contribution in [2.24, 2.45) is 17.8 Å². The SMILES string of the molecule is Cc1cc(C)cc(Sc2ccc(C#N)cc2CN2CCOCC2)c1.Cc1cc(Cl)cc(Sc2ccc(C#N)cc2CN2CC(C)CC(C)C2)c1.Cc1cc(Cl)cc(Sc2ccc(C#N)cc2CN2CCC(C)CC2)c1.Cc1cc(Cl)cc(Sc2ccc(C#N)cc2CN2CCC(F)CC2)c1.Cc1cc(Cl)cc(Sc2ccc(C#N)cc2CN2CCOCC2)c1. The number of hydrogen-bond acceptors (Lipinski definition) is 17. The average Bonchev–Trinajstić information content (AvgIpc) is 0.842. The molecule has 0 amide bonds. The van der Waals surface area contributed by atoms with E-state index in [4.69, 9.17) is 55.9 Å². The highest BCUT2D eigenvalue weighted by molar-refractivity contribution is 8.00. The van der Waals surface area contributed by atoms with Crippen LogP contribution in [0.3, 0.4) is 0 Å². The summed E-state index contributed by atoms with van der Waals surface area (Å²) < 4.78 is 24.2. The summed E-state index contributed by atoms with van der Waals surface area (Å²) >= 11 is 33.4. The molecule has 22 heteroatoms. The third-order valence-electron chi connectivity index (χ3n) is 21.9. The lowest BCUT2D eigenvalue weighted by atomic mass is 9.91. The van der Waals surface area contributed by atoms with Crippen molar-refractivity contribution in [3.63, 3.8) is 0 Å². The number of morpholine rings is 2. The van der Waals surface area contributed by atoms with Gasteiger partial charge in [0.25, 0.3) is 0 Å². The molecule has 12 nitrogen and oxygen atoms in total. The van der Waals surface area contributed by atoms with Crippen molar-refractivity contribution in [2.75, 3.05) is 91.9 Å². The molecule has 124 heavy (non-hydrogen) atoms. The van der Waals surface area contributed by atoms with Crippen LogP contribution in [0.4, 0.5) is 4.39 Å². The fourth-order valence-electron chi connectivity index (χ4n) is 16.0. The van der Waals surface area contributed by atoms with Gasteiger partial charge in [0.1, 0.15) is 6.17 Å².